The molecule has 0 aliphatic heterocycles. The fourth-order valence-corrected chi connectivity index (χ4v) is 0.844. The van der Waals surface area contributed by atoms with E-state index in [0.717, 1.165) is 32.1 Å². The summed E-state index contributed by atoms with van der Waals surface area (Å²) in [5.74, 6) is 0. The first-order valence-corrected chi connectivity index (χ1v) is 4.58. The van der Waals surface area contributed by atoms with Gasteiger partial charge in [0.1, 0.15) is 12.6 Å². The third-order valence-corrected chi connectivity index (χ3v) is 1.69. The fraction of sp³-hybridized carbons (Fsp3) is 0.778. The van der Waals surface area contributed by atoms with Crippen molar-refractivity contribution in [3.8, 4) is 0 Å². The van der Waals surface area contributed by atoms with Gasteiger partial charge >= 0.3 is 0 Å². The molecule has 0 heterocycles. The summed E-state index contributed by atoms with van der Waals surface area (Å²) in [6.07, 6.45) is 2.67. The van der Waals surface area contributed by atoms with Crippen LogP contribution in [0.2, 0.25) is 0 Å². The van der Waals surface area contributed by atoms with Crippen LogP contribution in [0.25, 0.3) is 0 Å². The highest BCUT2D eigenvalue weighted by molar-refractivity contribution is 5.56. The minimum absolute atomic E-state index is 0.0801. The van der Waals surface area contributed by atoms with Crippen molar-refractivity contribution in [2.75, 3.05) is 13.1 Å². The lowest BCUT2D eigenvalue weighted by Crippen LogP contribution is -2.33. The molecule has 0 aliphatic carbocycles. The Morgan fingerprint density at radius 2 is 1.38 bits per heavy atom. The fourth-order valence-electron chi connectivity index (χ4n) is 0.844. The molecule has 0 rings (SSSR count). The van der Waals surface area contributed by atoms with Gasteiger partial charge in [-0.15, -0.1) is 0 Å². The average Bonchev–Trinajstić information content (AvgIpc) is 2.16. The number of hydrogen-bond donors (Lipinski definition) is 2. The molecule has 0 aromatic carbocycles. The van der Waals surface area contributed by atoms with Gasteiger partial charge in [-0.25, -0.2) is 0 Å². The molecule has 0 fully saturated rings. The Hall–Kier alpha value is -0.740. The molecule has 0 aromatic rings. The zero-order chi connectivity index (χ0) is 10.1. The van der Waals surface area contributed by atoms with Crippen LogP contribution in [0, 0.1) is 0 Å². The molecule has 0 radical (unpaired) electrons. The minimum Gasteiger partial charge on any atom is -0.308 e. The zero-order valence-electron chi connectivity index (χ0n) is 8.25. The van der Waals surface area contributed by atoms with Crippen molar-refractivity contribution in [2.24, 2.45) is 0 Å². The second kappa shape index (κ2) is 7.89. The van der Waals surface area contributed by atoms with E-state index in [2.05, 4.69) is 10.6 Å². The Kier molecular flexibility index (Phi) is 7.44. The summed E-state index contributed by atoms with van der Waals surface area (Å²) >= 11 is 0. The van der Waals surface area contributed by atoms with E-state index in [0.29, 0.717) is 0 Å². The molecule has 2 unspecified atom stereocenters. The zero-order valence-corrected chi connectivity index (χ0v) is 8.25. The van der Waals surface area contributed by atoms with Crippen molar-refractivity contribution in [3.63, 3.8) is 0 Å². The lowest BCUT2D eigenvalue weighted by molar-refractivity contribution is -0.109. The van der Waals surface area contributed by atoms with E-state index < -0.39 is 0 Å². The molecular weight excluding hydrogens is 168 g/mol. The van der Waals surface area contributed by atoms with Crippen LogP contribution in [0.3, 0.4) is 0 Å². The lowest BCUT2D eigenvalue weighted by atomic mass is 10.3. The molecule has 0 saturated heterocycles. The van der Waals surface area contributed by atoms with E-state index in [1.165, 1.54) is 0 Å². The summed E-state index contributed by atoms with van der Waals surface area (Å²) in [5, 5.41) is 6.06. The smallest absolute Gasteiger partial charge is 0.136 e. The molecule has 0 aromatic heterocycles. The maximum atomic E-state index is 10.2. The van der Waals surface area contributed by atoms with Gasteiger partial charge in [-0.05, 0) is 33.4 Å². The van der Waals surface area contributed by atoms with Crippen LogP contribution in [-0.2, 0) is 9.59 Å². The van der Waals surface area contributed by atoms with Crippen LogP contribution in [0.5, 0.6) is 0 Å². The Morgan fingerprint density at radius 3 is 1.69 bits per heavy atom. The van der Waals surface area contributed by atoms with Crippen LogP contribution in [0.1, 0.15) is 20.3 Å². The molecule has 2 N–H and O–H groups in total. The van der Waals surface area contributed by atoms with Gasteiger partial charge in [-0.2, -0.15) is 0 Å². The van der Waals surface area contributed by atoms with E-state index in [1.807, 2.05) is 13.8 Å². The first kappa shape index (κ1) is 12.3. The summed E-state index contributed by atoms with van der Waals surface area (Å²) < 4.78 is 0. The third-order valence-electron chi connectivity index (χ3n) is 1.69. The summed E-state index contributed by atoms with van der Waals surface area (Å²) in [6.45, 7) is 5.21. The largest absolute Gasteiger partial charge is 0.308 e. The molecule has 0 amide bonds. The summed E-state index contributed by atoms with van der Waals surface area (Å²) in [6, 6.07) is -0.160. The van der Waals surface area contributed by atoms with E-state index in [9.17, 15) is 9.59 Å². The highest BCUT2D eigenvalue weighted by atomic mass is 16.1. The molecule has 13 heavy (non-hydrogen) atoms. The number of hydrogen-bond acceptors (Lipinski definition) is 4. The summed E-state index contributed by atoms with van der Waals surface area (Å²) in [4.78, 5) is 20.4. The van der Waals surface area contributed by atoms with E-state index >= 15 is 0 Å². The maximum absolute atomic E-state index is 10.2. The minimum atomic E-state index is -0.0801. The normalized spacial score (nSPS) is 14.9. The first-order chi connectivity index (χ1) is 6.20. The van der Waals surface area contributed by atoms with Crippen molar-refractivity contribution >= 4 is 12.6 Å². The Bertz CT molecular complexity index is 135. The molecule has 0 aliphatic rings. The average molecular weight is 186 g/mol. The predicted octanol–water partition coefficient (Wildman–Crippen LogP) is -0.269. The number of rotatable bonds is 8. The molecule has 4 nitrogen and oxygen atoms in total. The monoisotopic (exact) mass is 186 g/mol. The van der Waals surface area contributed by atoms with Crippen molar-refractivity contribution < 1.29 is 9.59 Å². The van der Waals surface area contributed by atoms with Crippen molar-refractivity contribution in [1.82, 2.24) is 10.6 Å². The standard InChI is InChI=1S/C9H18N2O2/c1-8(6-12)10-4-3-5-11-9(2)7-13/h6-11H,3-5H2,1-2H3. The molecule has 0 spiro atoms. The van der Waals surface area contributed by atoms with Gasteiger partial charge in [0, 0.05) is 0 Å². The van der Waals surface area contributed by atoms with Gasteiger partial charge in [0.15, 0.2) is 0 Å². The second-order valence-electron chi connectivity index (χ2n) is 3.11. The van der Waals surface area contributed by atoms with Gasteiger partial charge in [0.05, 0.1) is 12.1 Å². The summed E-state index contributed by atoms with van der Waals surface area (Å²) in [7, 11) is 0. The van der Waals surface area contributed by atoms with Crippen LogP contribution in [0.15, 0.2) is 0 Å². The van der Waals surface area contributed by atoms with Crippen LogP contribution in [0.4, 0.5) is 0 Å². The number of nitrogens with one attached hydrogen (secondary N) is 2. The number of carbonyl (C=O) groups is 2. The molecular formula is C9H18N2O2. The Balaban J connectivity index is 3.16. The van der Waals surface area contributed by atoms with Gasteiger partial charge in [0.25, 0.3) is 0 Å². The molecule has 4 heteroatoms. The van der Waals surface area contributed by atoms with E-state index in [4.69, 9.17) is 0 Å². The predicted molar refractivity (Wildman–Crippen MR) is 51.7 cm³/mol. The summed E-state index contributed by atoms with van der Waals surface area (Å²) in [5.41, 5.74) is 0. The van der Waals surface area contributed by atoms with Crippen molar-refractivity contribution in [1.29, 1.82) is 0 Å². The Labute approximate surface area is 79.1 Å². The lowest BCUT2D eigenvalue weighted by Gasteiger charge is -2.08. The van der Waals surface area contributed by atoms with Gasteiger partial charge in [-0.1, -0.05) is 0 Å². The molecule has 0 bridgehead atoms. The highest BCUT2D eigenvalue weighted by Crippen LogP contribution is 1.80. The second-order valence-corrected chi connectivity index (χ2v) is 3.11. The molecule has 0 saturated carbocycles. The SMILES string of the molecule is CC(C=O)NCCCNC(C)C=O. The van der Waals surface area contributed by atoms with Gasteiger partial charge in [-0.3, -0.25) is 0 Å². The maximum Gasteiger partial charge on any atom is 0.136 e. The first-order valence-electron chi connectivity index (χ1n) is 4.58. The van der Waals surface area contributed by atoms with Gasteiger partial charge in [0.2, 0.25) is 0 Å². The van der Waals surface area contributed by atoms with Crippen LogP contribution in [-0.4, -0.2) is 37.7 Å². The molecule has 76 valence electrons. The Morgan fingerprint density at radius 1 is 1.00 bits per heavy atom. The highest BCUT2D eigenvalue weighted by Gasteiger charge is 1.98. The van der Waals surface area contributed by atoms with Crippen LogP contribution < -0.4 is 10.6 Å². The van der Waals surface area contributed by atoms with Crippen molar-refractivity contribution in [2.45, 2.75) is 32.4 Å². The van der Waals surface area contributed by atoms with E-state index in [-0.39, 0.29) is 12.1 Å². The third kappa shape index (κ3) is 7.62. The number of carbonyl (C=O) groups excluding carboxylic acids is 2. The molecule has 2 atom stereocenters. The van der Waals surface area contributed by atoms with Crippen molar-refractivity contribution in [3.05, 3.63) is 0 Å². The van der Waals surface area contributed by atoms with E-state index in [1.54, 1.807) is 0 Å². The number of aldehydes is 2. The quantitative estimate of drug-likeness (QED) is 0.405. The van der Waals surface area contributed by atoms with Crippen LogP contribution >= 0.6 is 0 Å². The van der Waals surface area contributed by atoms with Gasteiger partial charge < -0.3 is 20.2 Å². The topological polar surface area (TPSA) is 58.2 Å².